The molecule has 3 aromatic rings. The smallest absolute Gasteiger partial charge is 0.195 e. The van der Waals surface area contributed by atoms with E-state index in [1.807, 2.05) is 24.3 Å². The van der Waals surface area contributed by atoms with Gasteiger partial charge in [0.15, 0.2) is 5.78 Å². The van der Waals surface area contributed by atoms with E-state index in [1.165, 1.54) is 17.7 Å². The highest BCUT2D eigenvalue weighted by Crippen LogP contribution is 2.46. The predicted octanol–water partition coefficient (Wildman–Crippen LogP) is 8.88. The number of aryl methyl sites for hydroxylation is 1. The second-order valence-electron chi connectivity index (χ2n) is 10.7. The Kier molecular flexibility index (Phi) is 8.48. The van der Waals surface area contributed by atoms with Crippen molar-refractivity contribution in [2.45, 2.75) is 57.3 Å². The summed E-state index contributed by atoms with van der Waals surface area (Å²) < 4.78 is 56.6. The van der Waals surface area contributed by atoms with Gasteiger partial charge in [0.25, 0.3) is 0 Å². The molecule has 2 aliphatic carbocycles. The van der Waals surface area contributed by atoms with Gasteiger partial charge in [0.2, 0.25) is 0 Å². The lowest BCUT2D eigenvalue weighted by molar-refractivity contribution is -0.118. The molecule has 210 valence electrons. The molecule has 0 N–H and O–H groups in total. The van der Waals surface area contributed by atoms with Crippen LogP contribution in [0.2, 0.25) is 0 Å². The molecule has 0 aliphatic heterocycles. The van der Waals surface area contributed by atoms with Crippen LogP contribution < -0.4 is 0 Å². The Morgan fingerprint density at radius 3 is 2.29 bits per heavy atom. The highest BCUT2D eigenvalue weighted by atomic mass is 19.1. The van der Waals surface area contributed by atoms with Gasteiger partial charge in [-0.05, 0) is 54.5 Å². The van der Waals surface area contributed by atoms with E-state index in [0.29, 0.717) is 37.8 Å². The standard InChI is InChI=1S/C35H30F4O2/c1-2-21-7-8-22(15-21)16-28(40)14-11-24-5-3-4-6-29(24)30-17-25(23-9-12-26(36)13-10-23)18-31(30)35(41)34-32(38)19-27(37)20-33(34)39/h3-7,9-10,12-13,15,18-20,25,30H,2,8,11,14,16-17H2,1H3. The van der Waals surface area contributed by atoms with Gasteiger partial charge in [-0.1, -0.05) is 72.7 Å². The van der Waals surface area contributed by atoms with Gasteiger partial charge in [-0.3, -0.25) is 9.59 Å². The van der Waals surface area contributed by atoms with Crippen molar-refractivity contribution in [3.8, 4) is 0 Å². The minimum atomic E-state index is -1.27. The molecule has 5 rings (SSSR count). The summed E-state index contributed by atoms with van der Waals surface area (Å²) >= 11 is 0. The lowest BCUT2D eigenvalue weighted by atomic mass is 9.83. The molecule has 3 aromatic carbocycles. The van der Waals surface area contributed by atoms with Crippen molar-refractivity contribution in [2.75, 3.05) is 0 Å². The maximum Gasteiger partial charge on any atom is 0.195 e. The van der Waals surface area contributed by atoms with Crippen LogP contribution in [0.15, 0.2) is 95.6 Å². The van der Waals surface area contributed by atoms with Gasteiger partial charge in [0, 0.05) is 42.4 Å². The molecule has 0 fully saturated rings. The number of carbonyl (C=O) groups excluding carboxylic acids is 2. The normalized spacial score (nSPS) is 18.2. The van der Waals surface area contributed by atoms with Crippen molar-refractivity contribution >= 4 is 11.6 Å². The molecule has 0 amide bonds. The largest absolute Gasteiger partial charge is 0.299 e. The van der Waals surface area contributed by atoms with Crippen LogP contribution in [-0.2, 0) is 11.2 Å². The van der Waals surface area contributed by atoms with Crippen molar-refractivity contribution in [1.82, 2.24) is 0 Å². The fraction of sp³-hybridized carbons (Fsp3) is 0.257. The topological polar surface area (TPSA) is 34.1 Å². The fourth-order valence-corrected chi connectivity index (χ4v) is 5.89. The number of hydrogen-bond donors (Lipinski definition) is 0. The van der Waals surface area contributed by atoms with Crippen molar-refractivity contribution in [3.63, 3.8) is 0 Å². The molecule has 0 bridgehead atoms. The molecule has 6 heteroatoms. The van der Waals surface area contributed by atoms with E-state index >= 15 is 0 Å². The zero-order valence-electron chi connectivity index (χ0n) is 22.7. The Balaban J connectivity index is 1.44. The maximum absolute atomic E-state index is 14.7. The van der Waals surface area contributed by atoms with E-state index in [0.717, 1.165) is 35.1 Å². The van der Waals surface area contributed by atoms with Gasteiger partial charge in [-0.25, -0.2) is 17.6 Å². The molecule has 41 heavy (non-hydrogen) atoms. The SMILES string of the molecule is CCC1=CCC(CC(=O)CCc2ccccc2C2CC(c3ccc(F)cc3)C=C2C(=O)c2c(F)cc(F)cc2F)=C1. The van der Waals surface area contributed by atoms with Crippen LogP contribution in [0.25, 0.3) is 0 Å². The fourth-order valence-electron chi connectivity index (χ4n) is 5.89. The second-order valence-corrected chi connectivity index (χ2v) is 10.7. The third-order valence-corrected chi connectivity index (χ3v) is 7.99. The van der Waals surface area contributed by atoms with Gasteiger partial charge in [-0.15, -0.1) is 0 Å². The first kappa shape index (κ1) is 28.5. The van der Waals surface area contributed by atoms with E-state index in [2.05, 4.69) is 19.1 Å². The summed E-state index contributed by atoms with van der Waals surface area (Å²) in [5.74, 6) is -5.61. The molecule has 0 radical (unpaired) electrons. The van der Waals surface area contributed by atoms with Crippen LogP contribution in [0.4, 0.5) is 17.6 Å². The van der Waals surface area contributed by atoms with Gasteiger partial charge in [0.05, 0.1) is 5.56 Å². The summed E-state index contributed by atoms with van der Waals surface area (Å²) in [7, 11) is 0. The zero-order chi connectivity index (χ0) is 29.1. The highest BCUT2D eigenvalue weighted by Gasteiger charge is 2.36. The highest BCUT2D eigenvalue weighted by molar-refractivity contribution is 6.10. The quantitative estimate of drug-likeness (QED) is 0.184. The zero-order valence-corrected chi connectivity index (χ0v) is 22.7. The van der Waals surface area contributed by atoms with Crippen LogP contribution in [0.5, 0.6) is 0 Å². The molecule has 0 heterocycles. The van der Waals surface area contributed by atoms with Crippen molar-refractivity contribution < 1.29 is 27.2 Å². The molecule has 0 saturated heterocycles. The number of allylic oxidation sites excluding steroid dienone is 6. The predicted molar refractivity (Wildman–Crippen MR) is 151 cm³/mol. The summed E-state index contributed by atoms with van der Waals surface area (Å²) in [4.78, 5) is 26.5. The Morgan fingerprint density at radius 1 is 0.902 bits per heavy atom. The lowest BCUT2D eigenvalue weighted by Gasteiger charge is -2.20. The maximum atomic E-state index is 14.7. The number of halogens is 4. The van der Waals surface area contributed by atoms with Crippen LogP contribution in [-0.4, -0.2) is 11.6 Å². The van der Waals surface area contributed by atoms with E-state index in [9.17, 15) is 27.2 Å². The average molecular weight is 559 g/mol. The second kappa shape index (κ2) is 12.2. The molecule has 2 aliphatic rings. The third-order valence-electron chi connectivity index (χ3n) is 7.99. The molecular weight excluding hydrogens is 528 g/mol. The molecule has 2 unspecified atom stereocenters. The van der Waals surface area contributed by atoms with Gasteiger partial charge < -0.3 is 0 Å². The summed E-state index contributed by atoms with van der Waals surface area (Å²) in [5, 5.41) is 0. The Morgan fingerprint density at radius 2 is 1.61 bits per heavy atom. The van der Waals surface area contributed by atoms with Gasteiger partial charge >= 0.3 is 0 Å². The first-order valence-electron chi connectivity index (χ1n) is 13.9. The average Bonchev–Trinajstić information content (AvgIpc) is 3.59. The minimum absolute atomic E-state index is 0.120. The summed E-state index contributed by atoms with van der Waals surface area (Å²) in [6, 6.07) is 14.4. The van der Waals surface area contributed by atoms with Crippen molar-refractivity contribution in [3.05, 3.63) is 141 Å². The molecular formula is C35H30F4O2. The van der Waals surface area contributed by atoms with Gasteiger partial charge in [0.1, 0.15) is 29.1 Å². The number of ketones is 2. The third kappa shape index (κ3) is 6.32. The monoisotopic (exact) mass is 558 g/mol. The molecule has 0 aromatic heterocycles. The number of benzene rings is 3. The van der Waals surface area contributed by atoms with Crippen LogP contribution in [0, 0.1) is 23.3 Å². The first-order chi connectivity index (χ1) is 19.7. The lowest BCUT2D eigenvalue weighted by Crippen LogP contribution is -2.15. The number of rotatable bonds is 10. The Hall–Kier alpha value is -4.06. The van der Waals surface area contributed by atoms with Crippen LogP contribution in [0.3, 0.4) is 0 Å². The number of Topliss-reactive ketones (excluding diaryl/α,β-unsaturated/α-hetero) is 2. The van der Waals surface area contributed by atoms with Crippen molar-refractivity contribution in [1.29, 1.82) is 0 Å². The van der Waals surface area contributed by atoms with Crippen LogP contribution in [0.1, 0.15) is 77.9 Å². The Bertz CT molecular complexity index is 1560. The van der Waals surface area contributed by atoms with E-state index < -0.39 is 40.5 Å². The number of carbonyl (C=O) groups is 2. The summed E-state index contributed by atoms with van der Waals surface area (Å²) in [6.07, 6.45) is 9.23. The van der Waals surface area contributed by atoms with E-state index in [4.69, 9.17) is 0 Å². The van der Waals surface area contributed by atoms with Gasteiger partial charge in [-0.2, -0.15) is 0 Å². The summed E-state index contributed by atoms with van der Waals surface area (Å²) in [5.41, 5.74) is 4.17. The van der Waals surface area contributed by atoms with Crippen LogP contribution >= 0.6 is 0 Å². The molecule has 2 atom stereocenters. The number of hydrogen-bond acceptors (Lipinski definition) is 2. The van der Waals surface area contributed by atoms with Crippen molar-refractivity contribution in [2.24, 2.45) is 0 Å². The molecule has 0 spiro atoms. The molecule has 0 saturated carbocycles. The molecule has 2 nitrogen and oxygen atoms in total. The van der Waals surface area contributed by atoms with E-state index in [-0.39, 0.29) is 17.3 Å². The first-order valence-corrected chi connectivity index (χ1v) is 13.9. The minimum Gasteiger partial charge on any atom is -0.299 e. The summed E-state index contributed by atoms with van der Waals surface area (Å²) in [6.45, 7) is 2.08. The van der Waals surface area contributed by atoms with E-state index in [1.54, 1.807) is 18.2 Å². The Labute approximate surface area is 237 Å².